The van der Waals surface area contributed by atoms with Crippen LogP contribution in [0.15, 0.2) is 0 Å². The topological polar surface area (TPSA) is 79.0 Å². The molecular weight excluding hydrogens is 246 g/mol. The number of ether oxygens (including phenoxy) is 1. The number of aliphatic hydroxyl groups excluding tert-OH is 1. The molecule has 1 amide bonds. The summed E-state index contributed by atoms with van der Waals surface area (Å²) in [5, 5.41) is 8.80. The zero-order valence-corrected chi connectivity index (χ0v) is 11.0. The maximum atomic E-state index is 11.9. The molecule has 3 N–H and O–H groups in total. The number of nitrogens with two attached hydrogens (primary N) is 1. The molecule has 6 nitrogen and oxygen atoms in total. The van der Waals surface area contributed by atoms with E-state index in [4.69, 9.17) is 15.6 Å². The fraction of sp³-hybridized carbons (Fsp3) is 0.900. The number of β-amino-alcohol motifs (C(OH)–C–C–N with tert-alkyl or cyclic N) is 1. The van der Waals surface area contributed by atoms with Crippen LogP contribution in [-0.4, -0.2) is 79.9 Å². The summed E-state index contributed by atoms with van der Waals surface area (Å²) in [7, 11) is 1.50. The van der Waals surface area contributed by atoms with E-state index >= 15 is 0 Å². The van der Waals surface area contributed by atoms with Gasteiger partial charge in [0.1, 0.15) is 6.10 Å². The highest BCUT2D eigenvalue weighted by molar-refractivity contribution is 5.85. The number of amides is 1. The Morgan fingerprint density at radius 1 is 1.41 bits per heavy atom. The predicted octanol–water partition coefficient (Wildman–Crippen LogP) is -1.48. The lowest BCUT2D eigenvalue weighted by molar-refractivity contribution is -0.143. The number of methoxy groups -OCH3 is 1. The molecule has 1 fully saturated rings. The van der Waals surface area contributed by atoms with E-state index in [1.54, 1.807) is 4.90 Å². The third-order valence-corrected chi connectivity index (χ3v) is 2.87. The van der Waals surface area contributed by atoms with Crippen molar-refractivity contribution in [3.8, 4) is 0 Å². The van der Waals surface area contributed by atoms with Crippen LogP contribution in [0.2, 0.25) is 0 Å². The number of carbonyl (C=O) groups excluding carboxylic acids is 1. The number of hydrogen-bond acceptors (Lipinski definition) is 5. The molecule has 1 aliphatic rings. The monoisotopic (exact) mass is 267 g/mol. The minimum Gasteiger partial charge on any atom is -0.395 e. The lowest BCUT2D eigenvalue weighted by atomic mass is 10.2. The largest absolute Gasteiger partial charge is 0.395 e. The molecule has 0 radical (unpaired) electrons. The molecule has 0 aromatic rings. The number of piperazine rings is 1. The Hall–Kier alpha value is -0.400. The van der Waals surface area contributed by atoms with Gasteiger partial charge in [-0.25, -0.2) is 0 Å². The summed E-state index contributed by atoms with van der Waals surface area (Å²) >= 11 is 0. The normalized spacial score (nSPS) is 18.6. The molecule has 1 rings (SSSR count). The number of carbonyl (C=O) groups is 1. The van der Waals surface area contributed by atoms with Gasteiger partial charge >= 0.3 is 0 Å². The number of hydrogen-bond donors (Lipinski definition) is 2. The van der Waals surface area contributed by atoms with Crippen molar-refractivity contribution in [3.05, 3.63) is 0 Å². The van der Waals surface area contributed by atoms with Crippen LogP contribution in [0.4, 0.5) is 0 Å². The SMILES string of the molecule is COC(CN)C(=O)N1CCN(CCO)CC1.Cl. The first-order valence-corrected chi connectivity index (χ1v) is 5.57. The molecule has 0 aromatic carbocycles. The highest BCUT2D eigenvalue weighted by atomic mass is 35.5. The lowest BCUT2D eigenvalue weighted by Gasteiger charge is -2.35. The molecule has 1 saturated heterocycles. The van der Waals surface area contributed by atoms with Gasteiger partial charge in [-0.2, -0.15) is 0 Å². The molecule has 0 aliphatic carbocycles. The van der Waals surface area contributed by atoms with Crippen molar-refractivity contribution in [1.29, 1.82) is 0 Å². The van der Waals surface area contributed by atoms with Crippen molar-refractivity contribution in [2.45, 2.75) is 6.10 Å². The molecule has 7 heteroatoms. The predicted molar refractivity (Wildman–Crippen MR) is 67.2 cm³/mol. The van der Waals surface area contributed by atoms with Crippen molar-refractivity contribution in [2.75, 3.05) is 53.0 Å². The third kappa shape index (κ3) is 4.77. The summed E-state index contributed by atoms with van der Waals surface area (Å²) in [6, 6.07) is 0. The van der Waals surface area contributed by atoms with E-state index in [0.29, 0.717) is 19.6 Å². The smallest absolute Gasteiger partial charge is 0.253 e. The zero-order chi connectivity index (χ0) is 12.0. The third-order valence-electron chi connectivity index (χ3n) is 2.87. The van der Waals surface area contributed by atoms with Crippen molar-refractivity contribution in [2.24, 2.45) is 5.73 Å². The summed E-state index contributed by atoms with van der Waals surface area (Å²) in [6.07, 6.45) is -0.524. The van der Waals surface area contributed by atoms with Gasteiger partial charge in [0.25, 0.3) is 5.91 Å². The van der Waals surface area contributed by atoms with Gasteiger partial charge in [0.05, 0.1) is 6.61 Å². The Morgan fingerprint density at radius 3 is 2.41 bits per heavy atom. The molecule has 0 spiro atoms. The van der Waals surface area contributed by atoms with E-state index in [1.807, 2.05) is 0 Å². The molecule has 102 valence electrons. The van der Waals surface area contributed by atoms with Gasteiger partial charge in [-0.1, -0.05) is 0 Å². The van der Waals surface area contributed by atoms with E-state index in [0.717, 1.165) is 13.1 Å². The van der Waals surface area contributed by atoms with Crippen molar-refractivity contribution >= 4 is 18.3 Å². The van der Waals surface area contributed by atoms with Crippen LogP contribution < -0.4 is 5.73 Å². The zero-order valence-electron chi connectivity index (χ0n) is 10.2. The molecule has 1 atom stereocenters. The van der Waals surface area contributed by atoms with E-state index < -0.39 is 6.10 Å². The van der Waals surface area contributed by atoms with Gasteiger partial charge in [0, 0.05) is 46.4 Å². The standard InChI is InChI=1S/C10H21N3O3.ClH/c1-16-9(8-11)10(15)13-4-2-12(3-5-13)6-7-14;/h9,14H,2-8,11H2,1H3;1H. The Balaban J connectivity index is 0.00000256. The average molecular weight is 268 g/mol. The van der Waals surface area contributed by atoms with Gasteiger partial charge in [-0.05, 0) is 0 Å². The maximum Gasteiger partial charge on any atom is 0.253 e. The van der Waals surface area contributed by atoms with Crippen LogP contribution in [0.25, 0.3) is 0 Å². The quantitative estimate of drug-likeness (QED) is 0.635. The van der Waals surface area contributed by atoms with Gasteiger partial charge in [0.2, 0.25) is 0 Å². The number of aliphatic hydroxyl groups is 1. The van der Waals surface area contributed by atoms with Crippen LogP contribution in [-0.2, 0) is 9.53 Å². The summed E-state index contributed by atoms with van der Waals surface area (Å²) in [6.45, 7) is 4.01. The summed E-state index contributed by atoms with van der Waals surface area (Å²) in [5.74, 6) is -0.0337. The molecule has 1 unspecified atom stereocenters. The van der Waals surface area contributed by atoms with Gasteiger partial charge in [0.15, 0.2) is 0 Å². The lowest BCUT2D eigenvalue weighted by Crippen LogP contribution is -2.53. The molecule has 1 aliphatic heterocycles. The number of halogens is 1. The summed E-state index contributed by atoms with van der Waals surface area (Å²) in [5.41, 5.74) is 5.45. The second-order valence-corrected chi connectivity index (χ2v) is 3.85. The van der Waals surface area contributed by atoms with Gasteiger partial charge in [-0.15, -0.1) is 12.4 Å². The number of nitrogens with zero attached hydrogens (tertiary/aromatic N) is 2. The molecular formula is C10H22ClN3O3. The van der Waals surface area contributed by atoms with Gasteiger partial charge in [-0.3, -0.25) is 9.69 Å². The van der Waals surface area contributed by atoms with Crippen molar-refractivity contribution < 1.29 is 14.6 Å². The molecule has 1 heterocycles. The highest BCUT2D eigenvalue weighted by Gasteiger charge is 2.26. The van der Waals surface area contributed by atoms with E-state index in [-0.39, 0.29) is 31.5 Å². The molecule has 0 saturated carbocycles. The van der Waals surface area contributed by atoms with Crippen LogP contribution in [0.1, 0.15) is 0 Å². The van der Waals surface area contributed by atoms with Crippen LogP contribution in [0.5, 0.6) is 0 Å². The van der Waals surface area contributed by atoms with E-state index in [1.165, 1.54) is 7.11 Å². The number of rotatable bonds is 5. The minimum atomic E-state index is -0.524. The van der Waals surface area contributed by atoms with Crippen LogP contribution in [0.3, 0.4) is 0 Å². The summed E-state index contributed by atoms with van der Waals surface area (Å²) < 4.78 is 5.02. The van der Waals surface area contributed by atoms with E-state index in [9.17, 15) is 4.79 Å². The summed E-state index contributed by atoms with van der Waals surface area (Å²) in [4.78, 5) is 15.8. The molecule has 17 heavy (non-hydrogen) atoms. The van der Waals surface area contributed by atoms with Crippen LogP contribution >= 0.6 is 12.4 Å². The van der Waals surface area contributed by atoms with Gasteiger partial charge < -0.3 is 20.5 Å². The maximum absolute atomic E-state index is 11.9. The first-order chi connectivity index (χ1) is 7.72. The minimum absolute atomic E-state index is 0. The second-order valence-electron chi connectivity index (χ2n) is 3.85. The Labute approximate surface area is 108 Å². The Bertz CT molecular complexity index is 219. The first-order valence-electron chi connectivity index (χ1n) is 5.57. The fourth-order valence-corrected chi connectivity index (χ4v) is 1.83. The second kappa shape index (κ2) is 8.66. The van der Waals surface area contributed by atoms with Crippen LogP contribution in [0, 0.1) is 0 Å². The highest BCUT2D eigenvalue weighted by Crippen LogP contribution is 2.04. The van der Waals surface area contributed by atoms with Crippen molar-refractivity contribution in [3.63, 3.8) is 0 Å². The first kappa shape index (κ1) is 16.6. The van der Waals surface area contributed by atoms with Crippen molar-refractivity contribution in [1.82, 2.24) is 9.80 Å². The van der Waals surface area contributed by atoms with E-state index in [2.05, 4.69) is 4.90 Å². The Kier molecular flexibility index (Phi) is 8.45. The molecule has 0 aromatic heterocycles. The Morgan fingerprint density at radius 2 is 2.00 bits per heavy atom. The molecule has 0 bridgehead atoms. The fourth-order valence-electron chi connectivity index (χ4n) is 1.83. The average Bonchev–Trinajstić information content (AvgIpc) is 2.32.